The molecule has 2 aliphatic heterocycles. The van der Waals surface area contributed by atoms with Crippen LogP contribution in [-0.4, -0.2) is 36.5 Å². The second kappa shape index (κ2) is 3.97. The van der Waals surface area contributed by atoms with Gasteiger partial charge in [0.15, 0.2) is 0 Å². The van der Waals surface area contributed by atoms with Gasteiger partial charge in [0.1, 0.15) is 0 Å². The second-order valence-electron chi connectivity index (χ2n) is 4.05. The normalized spacial score (nSPS) is 31.8. The monoisotopic (exact) mass is 193 g/mol. The SMILES string of the molecule is N#CC1CCN(C(=O)[C@@H]2CCCN2)C1. The van der Waals surface area contributed by atoms with Gasteiger partial charge < -0.3 is 10.2 Å². The van der Waals surface area contributed by atoms with Crippen LogP contribution in [0.25, 0.3) is 0 Å². The molecule has 2 rings (SSSR count). The number of hydrogen-bond donors (Lipinski definition) is 1. The Labute approximate surface area is 83.9 Å². The maximum Gasteiger partial charge on any atom is 0.239 e. The molecule has 0 radical (unpaired) electrons. The summed E-state index contributed by atoms with van der Waals surface area (Å²) in [6.07, 6.45) is 2.88. The van der Waals surface area contributed by atoms with Crippen LogP contribution in [-0.2, 0) is 4.79 Å². The van der Waals surface area contributed by atoms with Crippen molar-refractivity contribution in [1.29, 1.82) is 5.26 Å². The molecule has 2 atom stereocenters. The van der Waals surface area contributed by atoms with Gasteiger partial charge in [0.05, 0.1) is 18.0 Å². The molecule has 2 aliphatic rings. The standard InChI is InChI=1S/C10H15N3O/c11-6-8-3-5-13(7-8)10(14)9-2-1-4-12-9/h8-9,12H,1-5,7H2/t8?,9-/m0/s1. The molecule has 0 saturated carbocycles. The fraction of sp³-hybridized carbons (Fsp3) is 0.800. The first kappa shape index (κ1) is 9.47. The molecule has 0 bridgehead atoms. The fourth-order valence-corrected chi connectivity index (χ4v) is 2.18. The van der Waals surface area contributed by atoms with Gasteiger partial charge in [-0.3, -0.25) is 4.79 Å². The number of rotatable bonds is 1. The van der Waals surface area contributed by atoms with Gasteiger partial charge in [-0.15, -0.1) is 0 Å². The van der Waals surface area contributed by atoms with Crippen LogP contribution in [0, 0.1) is 17.2 Å². The van der Waals surface area contributed by atoms with Crippen LogP contribution in [0.4, 0.5) is 0 Å². The van der Waals surface area contributed by atoms with Crippen LogP contribution in [0.1, 0.15) is 19.3 Å². The van der Waals surface area contributed by atoms with Crippen LogP contribution in [0.2, 0.25) is 0 Å². The van der Waals surface area contributed by atoms with Gasteiger partial charge in [-0.25, -0.2) is 0 Å². The number of nitrogens with zero attached hydrogens (tertiary/aromatic N) is 2. The van der Waals surface area contributed by atoms with E-state index < -0.39 is 0 Å². The van der Waals surface area contributed by atoms with Gasteiger partial charge in [-0.2, -0.15) is 5.26 Å². The summed E-state index contributed by atoms with van der Waals surface area (Å²) < 4.78 is 0. The highest BCUT2D eigenvalue weighted by molar-refractivity contribution is 5.82. The Bertz CT molecular complexity index is 265. The minimum absolute atomic E-state index is 0.0208. The highest BCUT2D eigenvalue weighted by Crippen LogP contribution is 2.18. The predicted molar refractivity (Wildman–Crippen MR) is 51.3 cm³/mol. The summed E-state index contributed by atoms with van der Waals surface area (Å²) in [5.41, 5.74) is 0. The van der Waals surface area contributed by atoms with E-state index in [1.54, 1.807) is 0 Å². The lowest BCUT2D eigenvalue weighted by molar-refractivity contribution is -0.132. The molecule has 2 saturated heterocycles. The molecule has 2 heterocycles. The summed E-state index contributed by atoms with van der Waals surface area (Å²) >= 11 is 0. The van der Waals surface area contributed by atoms with E-state index in [0.717, 1.165) is 32.4 Å². The quantitative estimate of drug-likeness (QED) is 0.643. The minimum Gasteiger partial charge on any atom is -0.340 e. The molecular weight excluding hydrogens is 178 g/mol. The van der Waals surface area contributed by atoms with Crippen molar-refractivity contribution in [2.75, 3.05) is 19.6 Å². The van der Waals surface area contributed by atoms with E-state index in [4.69, 9.17) is 5.26 Å². The molecule has 14 heavy (non-hydrogen) atoms. The van der Waals surface area contributed by atoms with Crippen LogP contribution in [0.15, 0.2) is 0 Å². The predicted octanol–water partition coefficient (Wildman–Crippen LogP) is 0.110. The third-order valence-electron chi connectivity index (χ3n) is 3.04. The van der Waals surface area contributed by atoms with Crippen molar-refractivity contribution in [3.63, 3.8) is 0 Å². The van der Waals surface area contributed by atoms with Gasteiger partial charge in [0, 0.05) is 13.1 Å². The van der Waals surface area contributed by atoms with E-state index in [1.165, 1.54) is 0 Å². The van der Waals surface area contributed by atoms with E-state index in [2.05, 4.69) is 11.4 Å². The number of nitriles is 1. The zero-order valence-corrected chi connectivity index (χ0v) is 8.20. The van der Waals surface area contributed by atoms with Crippen molar-refractivity contribution in [3.05, 3.63) is 0 Å². The van der Waals surface area contributed by atoms with Crippen molar-refractivity contribution in [2.24, 2.45) is 5.92 Å². The zero-order chi connectivity index (χ0) is 9.97. The molecule has 0 aromatic carbocycles. The lowest BCUT2D eigenvalue weighted by Crippen LogP contribution is -2.42. The lowest BCUT2D eigenvalue weighted by Gasteiger charge is -2.19. The fourth-order valence-electron chi connectivity index (χ4n) is 2.18. The Balaban J connectivity index is 1.90. The molecule has 4 nitrogen and oxygen atoms in total. The number of carbonyl (C=O) groups is 1. The summed E-state index contributed by atoms with van der Waals surface area (Å²) in [7, 11) is 0. The average molecular weight is 193 g/mol. The maximum absolute atomic E-state index is 11.9. The van der Waals surface area contributed by atoms with E-state index in [0.29, 0.717) is 6.54 Å². The summed E-state index contributed by atoms with van der Waals surface area (Å²) in [5.74, 6) is 0.251. The molecule has 1 N–H and O–H groups in total. The van der Waals surface area contributed by atoms with Gasteiger partial charge in [-0.05, 0) is 25.8 Å². The van der Waals surface area contributed by atoms with Crippen molar-refractivity contribution in [3.8, 4) is 6.07 Å². The molecule has 0 aliphatic carbocycles. The van der Waals surface area contributed by atoms with Crippen molar-refractivity contribution >= 4 is 5.91 Å². The van der Waals surface area contributed by atoms with Gasteiger partial charge in [0.25, 0.3) is 0 Å². The minimum atomic E-state index is 0.0208. The third kappa shape index (κ3) is 1.73. The van der Waals surface area contributed by atoms with Crippen molar-refractivity contribution in [1.82, 2.24) is 10.2 Å². The number of carbonyl (C=O) groups excluding carboxylic acids is 1. The van der Waals surface area contributed by atoms with Gasteiger partial charge in [-0.1, -0.05) is 0 Å². The summed E-state index contributed by atoms with van der Waals surface area (Å²) in [6, 6.07) is 2.25. The molecule has 0 aromatic heterocycles. The molecule has 76 valence electrons. The van der Waals surface area contributed by atoms with Crippen molar-refractivity contribution in [2.45, 2.75) is 25.3 Å². The molecule has 1 amide bonds. The van der Waals surface area contributed by atoms with E-state index in [-0.39, 0.29) is 17.9 Å². The topological polar surface area (TPSA) is 56.1 Å². The van der Waals surface area contributed by atoms with E-state index in [1.807, 2.05) is 4.90 Å². The highest BCUT2D eigenvalue weighted by Gasteiger charge is 2.31. The third-order valence-corrected chi connectivity index (χ3v) is 3.04. The Morgan fingerprint density at radius 1 is 1.50 bits per heavy atom. The van der Waals surface area contributed by atoms with Crippen LogP contribution in [0.5, 0.6) is 0 Å². The smallest absolute Gasteiger partial charge is 0.239 e. The number of nitrogens with one attached hydrogen (secondary N) is 1. The summed E-state index contributed by atoms with van der Waals surface area (Å²) in [6.45, 7) is 2.34. The first-order valence-electron chi connectivity index (χ1n) is 5.23. The first-order chi connectivity index (χ1) is 6.81. The van der Waals surface area contributed by atoms with E-state index >= 15 is 0 Å². The Hall–Kier alpha value is -1.08. The number of hydrogen-bond acceptors (Lipinski definition) is 3. The largest absolute Gasteiger partial charge is 0.340 e. The van der Waals surface area contributed by atoms with Crippen molar-refractivity contribution < 1.29 is 4.79 Å². The molecular formula is C10H15N3O. The maximum atomic E-state index is 11.9. The summed E-state index contributed by atoms with van der Waals surface area (Å²) in [5, 5.41) is 11.9. The average Bonchev–Trinajstić information content (AvgIpc) is 2.88. The number of likely N-dealkylation sites (tertiary alicyclic amines) is 1. The van der Waals surface area contributed by atoms with Crippen LogP contribution in [0.3, 0.4) is 0 Å². The van der Waals surface area contributed by atoms with E-state index in [9.17, 15) is 4.79 Å². The molecule has 4 heteroatoms. The Morgan fingerprint density at radius 3 is 2.93 bits per heavy atom. The van der Waals surface area contributed by atoms with Gasteiger partial charge in [0.2, 0.25) is 5.91 Å². The molecule has 0 aromatic rings. The molecule has 1 unspecified atom stereocenters. The number of amides is 1. The molecule has 2 fully saturated rings. The van der Waals surface area contributed by atoms with Crippen LogP contribution < -0.4 is 5.32 Å². The first-order valence-corrected chi connectivity index (χ1v) is 5.23. The molecule has 0 spiro atoms. The lowest BCUT2D eigenvalue weighted by atomic mass is 10.1. The summed E-state index contributed by atoms with van der Waals surface area (Å²) in [4.78, 5) is 13.7. The van der Waals surface area contributed by atoms with Gasteiger partial charge >= 0.3 is 0 Å². The van der Waals surface area contributed by atoms with Crippen LogP contribution >= 0.6 is 0 Å². The second-order valence-corrected chi connectivity index (χ2v) is 4.05. The Morgan fingerprint density at radius 2 is 2.36 bits per heavy atom. The Kier molecular flexibility index (Phi) is 2.69. The highest BCUT2D eigenvalue weighted by atomic mass is 16.2. The zero-order valence-electron chi connectivity index (χ0n) is 8.20.